The van der Waals surface area contributed by atoms with Crippen LogP contribution in [0.2, 0.25) is 0 Å². The number of benzene rings is 2. The second kappa shape index (κ2) is 9.67. The van der Waals surface area contributed by atoms with Crippen molar-refractivity contribution in [2.24, 2.45) is 4.99 Å². The van der Waals surface area contributed by atoms with Crippen LogP contribution in [-0.4, -0.2) is 59.0 Å². The minimum absolute atomic E-state index is 0.0254. The maximum Gasteiger partial charge on any atom is 0.317 e. The van der Waals surface area contributed by atoms with E-state index in [1.54, 1.807) is 17.9 Å². The Labute approximate surface area is 211 Å². The molecule has 1 aromatic heterocycles. The highest BCUT2D eigenvalue weighted by atomic mass is 79.9. The lowest BCUT2D eigenvalue weighted by atomic mass is 10.1. The van der Waals surface area contributed by atoms with Gasteiger partial charge in [0.2, 0.25) is 0 Å². The predicted molar refractivity (Wildman–Crippen MR) is 136 cm³/mol. The minimum Gasteiger partial charge on any atom is -0.496 e. The lowest BCUT2D eigenvalue weighted by Gasteiger charge is -2.35. The van der Waals surface area contributed by atoms with Crippen molar-refractivity contribution in [1.82, 2.24) is 14.7 Å². The van der Waals surface area contributed by atoms with Crippen LogP contribution in [-0.2, 0) is 14.3 Å². The van der Waals surface area contributed by atoms with Crippen LogP contribution in [0.5, 0.6) is 5.75 Å². The van der Waals surface area contributed by atoms with E-state index in [-0.39, 0.29) is 18.0 Å². The number of aromatic nitrogens is 2. The summed E-state index contributed by atoms with van der Waals surface area (Å²) in [6.45, 7) is 5.21. The topological polar surface area (TPSA) is 78.2 Å². The smallest absolute Gasteiger partial charge is 0.317 e. The molecular formula is C26H25BrN4O4. The number of ether oxygens (including phenoxy) is 3. The number of para-hydroxylation sites is 1. The first-order chi connectivity index (χ1) is 16.9. The Balaban J connectivity index is 1.51. The Hall–Kier alpha value is -3.43. The van der Waals surface area contributed by atoms with E-state index in [9.17, 15) is 4.79 Å². The molecule has 0 spiro atoms. The van der Waals surface area contributed by atoms with Crippen LogP contribution in [0.1, 0.15) is 19.4 Å². The molecule has 3 aromatic rings. The molecular weight excluding hydrogens is 512 g/mol. The third-order valence-electron chi connectivity index (χ3n) is 5.77. The monoisotopic (exact) mass is 536 g/mol. The molecule has 180 valence electrons. The first kappa shape index (κ1) is 23.3. The van der Waals surface area contributed by atoms with E-state index in [0.717, 1.165) is 27.0 Å². The molecule has 0 aliphatic carbocycles. The van der Waals surface area contributed by atoms with Gasteiger partial charge in [-0.15, -0.1) is 0 Å². The highest BCUT2D eigenvalue weighted by Gasteiger charge is 2.32. The molecule has 3 heterocycles. The van der Waals surface area contributed by atoms with Crippen molar-refractivity contribution in [2.75, 3.05) is 20.2 Å². The zero-order valence-electron chi connectivity index (χ0n) is 19.6. The average Bonchev–Trinajstić information content (AvgIpc) is 3.43. The number of halogens is 1. The summed E-state index contributed by atoms with van der Waals surface area (Å²) in [4.78, 5) is 18.9. The summed E-state index contributed by atoms with van der Waals surface area (Å²) >= 11 is 3.55. The largest absolute Gasteiger partial charge is 0.496 e. The number of morpholine rings is 1. The van der Waals surface area contributed by atoms with Gasteiger partial charge in [-0.2, -0.15) is 10.1 Å². The lowest BCUT2D eigenvalue weighted by Crippen LogP contribution is -2.48. The number of amidine groups is 1. The molecule has 2 aliphatic rings. The molecule has 5 rings (SSSR count). The molecule has 35 heavy (non-hydrogen) atoms. The SMILES string of the molecule is COc1ccc(-c2nn(-c3ccccc3)cc2/C=C2\OC(N3CC(C)OC(C)C3)=NC2=O)cc1Br. The summed E-state index contributed by atoms with van der Waals surface area (Å²) < 4.78 is 19.7. The third-order valence-corrected chi connectivity index (χ3v) is 6.39. The van der Waals surface area contributed by atoms with Gasteiger partial charge in [-0.05, 0) is 66.2 Å². The van der Waals surface area contributed by atoms with E-state index in [2.05, 4.69) is 20.9 Å². The van der Waals surface area contributed by atoms with Crippen LogP contribution >= 0.6 is 15.9 Å². The van der Waals surface area contributed by atoms with Gasteiger partial charge in [0.1, 0.15) is 11.4 Å². The van der Waals surface area contributed by atoms with Gasteiger partial charge in [-0.25, -0.2) is 4.68 Å². The number of amides is 1. The van der Waals surface area contributed by atoms with E-state index in [0.29, 0.717) is 24.8 Å². The van der Waals surface area contributed by atoms with E-state index < -0.39 is 5.91 Å². The summed E-state index contributed by atoms with van der Waals surface area (Å²) in [6.07, 6.45) is 3.63. The number of aliphatic imine (C=N–C) groups is 1. The Kier molecular flexibility index (Phi) is 6.44. The fourth-order valence-corrected chi connectivity index (χ4v) is 4.79. The van der Waals surface area contributed by atoms with Crippen molar-refractivity contribution in [2.45, 2.75) is 26.1 Å². The Morgan fingerprint density at radius 1 is 1.11 bits per heavy atom. The Morgan fingerprint density at radius 2 is 1.86 bits per heavy atom. The van der Waals surface area contributed by atoms with E-state index in [4.69, 9.17) is 19.3 Å². The first-order valence-corrected chi connectivity index (χ1v) is 12.1. The zero-order chi connectivity index (χ0) is 24.5. The van der Waals surface area contributed by atoms with Crippen molar-refractivity contribution in [1.29, 1.82) is 0 Å². The van der Waals surface area contributed by atoms with Crippen LogP contribution in [0.15, 0.2) is 70.0 Å². The number of nitrogens with zero attached hydrogens (tertiary/aromatic N) is 4. The number of hydrogen-bond acceptors (Lipinski definition) is 6. The molecule has 0 N–H and O–H groups in total. The van der Waals surface area contributed by atoms with E-state index in [1.165, 1.54) is 0 Å². The van der Waals surface area contributed by atoms with Crippen LogP contribution in [0.3, 0.4) is 0 Å². The second-order valence-corrected chi connectivity index (χ2v) is 9.39. The number of carbonyl (C=O) groups is 1. The highest BCUT2D eigenvalue weighted by Crippen LogP contribution is 2.33. The Bertz CT molecular complexity index is 1310. The Morgan fingerprint density at radius 3 is 2.54 bits per heavy atom. The predicted octanol–water partition coefficient (Wildman–Crippen LogP) is 4.67. The van der Waals surface area contributed by atoms with Crippen molar-refractivity contribution < 1.29 is 19.0 Å². The molecule has 2 aromatic carbocycles. The summed E-state index contributed by atoms with van der Waals surface area (Å²) in [5.74, 6) is 0.465. The standard InChI is InChI=1S/C26H25BrN4O4/c1-16-13-30(14-17(2)34-16)26-28-25(32)23(35-26)12-19-15-31(20-7-5-4-6-8-20)29-24(19)18-9-10-22(33-3)21(27)11-18/h4-12,15-17H,13-14H2,1-3H3/b23-12-. The molecule has 1 saturated heterocycles. The van der Waals surface area contributed by atoms with Crippen molar-refractivity contribution >= 4 is 33.9 Å². The second-order valence-electron chi connectivity index (χ2n) is 8.53. The number of hydrogen-bond donors (Lipinski definition) is 0. The van der Waals surface area contributed by atoms with Gasteiger partial charge in [0, 0.05) is 30.4 Å². The molecule has 1 fully saturated rings. The van der Waals surface area contributed by atoms with Crippen LogP contribution in [0, 0.1) is 0 Å². The molecule has 0 radical (unpaired) electrons. The number of carbonyl (C=O) groups excluding carboxylic acids is 1. The van der Waals surface area contributed by atoms with Crippen LogP contribution in [0.25, 0.3) is 23.0 Å². The molecule has 2 unspecified atom stereocenters. The number of methoxy groups -OCH3 is 1. The summed E-state index contributed by atoms with van der Waals surface area (Å²) in [6, 6.07) is 15.8. The van der Waals surface area contributed by atoms with Gasteiger partial charge < -0.3 is 19.1 Å². The summed E-state index contributed by atoms with van der Waals surface area (Å²) in [7, 11) is 1.62. The van der Waals surface area contributed by atoms with E-state index in [1.807, 2.05) is 73.5 Å². The number of rotatable bonds is 4. The molecule has 8 nitrogen and oxygen atoms in total. The van der Waals surface area contributed by atoms with Gasteiger partial charge >= 0.3 is 11.9 Å². The molecule has 1 amide bonds. The van der Waals surface area contributed by atoms with Gasteiger partial charge in [-0.1, -0.05) is 18.2 Å². The molecule has 9 heteroatoms. The fraction of sp³-hybridized carbons (Fsp3) is 0.269. The maximum absolute atomic E-state index is 12.8. The maximum atomic E-state index is 12.8. The van der Waals surface area contributed by atoms with Crippen molar-refractivity contribution in [3.8, 4) is 22.7 Å². The molecule has 0 bridgehead atoms. The van der Waals surface area contributed by atoms with Gasteiger partial charge in [0.25, 0.3) is 0 Å². The molecule has 2 atom stereocenters. The van der Waals surface area contributed by atoms with Crippen LogP contribution < -0.4 is 4.74 Å². The first-order valence-electron chi connectivity index (χ1n) is 11.3. The summed E-state index contributed by atoms with van der Waals surface area (Å²) in [5.41, 5.74) is 3.19. The normalized spacial score (nSPS) is 21.3. The van der Waals surface area contributed by atoms with Crippen molar-refractivity contribution in [3.63, 3.8) is 0 Å². The van der Waals surface area contributed by atoms with Gasteiger partial charge in [0.05, 0.1) is 29.5 Å². The molecule has 2 aliphatic heterocycles. The average molecular weight is 537 g/mol. The summed E-state index contributed by atoms with van der Waals surface area (Å²) in [5, 5.41) is 4.82. The van der Waals surface area contributed by atoms with E-state index >= 15 is 0 Å². The van der Waals surface area contributed by atoms with Gasteiger partial charge in [0.15, 0.2) is 5.76 Å². The zero-order valence-corrected chi connectivity index (χ0v) is 21.2. The molecule has 0 saturated carbocycles. The fourth-order valence-electron chi connectivity index (χ4n) is 4.25. The van der Waals surface area contributed by atoms with Crippen LogP contribution in [0.4, 0.5) is 0 Å². The quantitative estimate of drug-likeness (QED) is 0.450. The minimum atomic E-state index is -0.416. The van der Waals surface area contributed by atoms with Gasteiger partial charge in [-0.3, -0.25) is 4.79 Å². The highest BCUT2D eigenvalue weighted by molar-refractivity contribution is 9.10. The van der Waals surface area contributed by atoms with Crippen molar-refractivity contribution in [3.05, 3.63) is 70.5 Å². The third kappa shape index (κ3) is 4.87. The lowest BCUT2D eigenvalue weighted by molar-refractivity contribution is -0.115.